The Hall–Kier alpha value is -2.04. The zero-order chi connectivity index (χ0) is 13.0. The zero-order valence-corrected chi connectivity index (χ0v) is 10.9. The number of anilines is 1. The van der Waals surface area contributed by atoms with Gasteiger partial charge in [0.15, 0.2) is 0 Å². The number of hydrogen-bond donors (Lipinski definition) is 1. The summed E-state index contributed by atoms with van der Waals surface area (Å²) in [5.74, 6) is 0.628. The fourth-order valence-corrected chi connectivity index (χ4v) is 1.59. The van der Waals surface area contributed by atoms with Crippen molar-refractivity contribution in [1.82, 2.24) is 14.8 Å². The molecule has 0 radical (unpaired) electrons. The molecule has 0 atom stereocenters. The van der Waals surface area contributed by atoms with Gasteiger partial charge >= 0.3 is 0 Å². The zero-order valence-electron chi connectivity index (χ0n) is 10.9. The van der Waals surface area contributed by atoms with Crippen LogP contribution in [0.15, 0.2) is 30.6 Å². The van der Waals surface area contributed by atoms with Crippen LogP contribution in [0.1, 0.15) is 19.5 Å². The van der Waals surface area contributed by atoms with Crippen molar-refractivity contribution in [3.05, 3.63) is 36.3 Å². The Bertz CT molecular complexity index is 507. The third-order valence-corrected chi connectivity index (χ3v) is 2.35. The van der Waals surface area contributed by atoms with Gasteiger partial charge in [-0.2, -0.15) is 5.10 Å². The fourth-order valence-electron chi connectivity index (χ4n) is 1.59. The average Bonchev–Trinajstić information content (AvgIpc) is 2.73. The van der Waals surface area contributed by atoms with Crippen molar-refractivity contribution >= 4 is 5.69 Å². The van der Waals surface area contributed by atoms with Crippen LogP contribution < -0.4 is 10.1 Å². The number of nitrogens with one attached hydrogen (secondary N) is 1. The summed E-state index contributed by atoms with van der Waals surface area (Å²) in [5.41, 5.74) is 1.87. The number of rotatable bonds is 5. The Labute approximate surface area is 107 Å². The van der Waals surface area contributed by atoms with E-state index in [-0.39, 0.29) is 6.10 Å². The van der Waals surface area contributed by atoms with E-state index in [1.807, 2.05) is 45.3 Å². The van der Waals surface area contributed by atoms with Gasteiger partial charge in [-0.05, 0) is 32.0 Å². The molecule has 5 nitrogen and oxygen atoms in total. The maximum absolute atomic E-state index is 5.64. The molecule has 18 heavy (non-hydrogen) atoms. The maximum Gasteiger partial charge on any atom is 0.237 e. The van der Waals surface area contributed by atoms with Crippen LogP contribution in [0.25, 0.3) is 0 Å². The summed E-state index contributed by atoms with van der Waals surface area (Å²) in [6.45, 7) is 4.62. The molecule has 2 aromatic heterocycles. The van der Waals surface area contributed by atoms with E-state index in [4.69, 9.17) is 4.74 Å². The molecule has 96 valence electrons. The fraction of sp³-hybridized carbons (Fsp3) is 0.385. The Balaban J connectivity index is 2.04. The maximum atomic E-state index is 5.64. The molecule has 0 amide bonds. The summed E-state index contributed by atoms with van der Waals surface area (Å²) in [7, 11) is 1.90. The summed E-state index contributed by atoms with van der Waals surface area (Å²) in [4.78, 5) is 4.23. The SMILES string of the molecule is CC(C)Oc1ncccc1NCc1ccn(C)n1. The van der Waals surface area contributed by atoms with Gasteiger partial charge in [0.05, 0.1) is 24.0 Å². The molecule has 1 N–H and O–H groups in total. The second-order valence-electron chi connectivity index (χ2n) is 4.36. The molecule has 0 aliphatic heterocycles. The van der Waals surface area contributed by atoms with E-state index in [0.29, 0.717) is 12.4 Å². The first-order chi connectivity index (χ1) is 8.65. The number of nitrogens with zero attached hydrogens (tertiary/aromatic N) is 3. The van der Waals surface area contributed by atoms with E-state index in [1.165, 1.54) is 0 Å². The lowest BCUT2D eigenvalue weighted by Crippen LogP contribution is -2.10. The second-order valence-corrected chi connectivity index (χ2v) is 4.36. The highest BCUT2D eigenvalue weighted by molar-refractivity contribution is 5.52. The van der Waals surface area contributed by atoms with Crippen LogP contribution in [0, 0.1) is 0 Å². The minimum atomic E-state index is 0.107. The molecule has 0 saturated heterocycles. The quantitative estimate of drug-likeness (QED) is 0.878. The van der Waals surface area contributed by atoms with Crippen LogP contribution >= 0.6 is 0 Å². The van der Waals surface area contributed by atoms with E-state index < -0.39 is 0 Å². The molecule has 5 heteroatoms. The van der Waals surface area contributed by atoms with Gasteiger partial charge in [-0.15, -0.1) is 0 Å². The van der Waals surface area contributed by atoms with Crippen LogP contribution in [0.2, 0.25) is 0 Å². The molecule has 0 unspecified atom stereocenters. The molecule has 2 rings (SSSR count). The highest BCUT2D eigenvalue weighted by Crippen LogP contribution is 2.22. The molecule has 0 aliphatic carbocycles. The number of ether oxygens (including phenoxy) is 1. The normalized spacial score (nSPS) is 10.7. The Morgan fingerprint density at radius 3 is 2.89 bits per heavy atom. The van der Waals surface area contributed by atoms with E-state index in [1.54, 1.807) is 10.9 Å². The first kappa shape index (κ1) is 12.4. The summed E-state index contributed by atoms with van der Waals surface area (Å²) < 4.78 is 7.42. The summed E-state index contributed by atoms with van der Waals surface area (Å²) in [6, 6.07) is 5.81. The van der Waals surface area contributed by atoms with Gasteiger partial charge in [-0.3, -0.25) is 4.68 Å². The van der Waals surface area contributed by atoms with Crippen molar-refractivity contribution in [3.8, 4) is 5.88 Å². The topological polar surface area (TPSA) is 52.0 Å². The Morgan fingerprint density at radius 1 is 1.39 bits per heavy atom. The van der Waals surface area contributed by atoms with Crippen molar-refractivity contribution in [2.45, 2.75) is 26.5 Å². The summed E-state index contributed by atoms with van der Waals surface area (Å²) >= 11 is 0. The van der Waals surface area contributed by atoms with Gasteiger partial charge in [0, 0.05) is 19.4 Å². The van der Waals surface area contributed by atoms with Crippen molar-refractivity contribution in [2.24, 2.45) is 7.05 Å². The van der Waals surface area contributed by atoms with Crippen LogP contribution in [-0.4, -0.2) is 20.9 Å². The van der Waals surface area contributed by atoms with Crippen molar-refractivity contribution in [3.63, 3.8) is 0 Å². The molecule has 2 heterocycles. The van der Waals surface area contributed by atoms with E-state index >= 15 is 0 Å². The van der Waals surface area contributed by atoms with Crippen molar-refractivity contribution in [2.75, 3.05) is 5.32 Å². The lowest BCUT2D eigenvalue weighted by Gasteiger charge is -2.13. The largest absolute Gasteiger partial charge is 0.473 e. The molecular weight excluding hydrogens is 228 g/mol. The minimum Gasteiger partial charge on any atom is -0.473 e. The molecule has 0 fully saturated rings. The minimum absolute atomic E-state index is 0.107. The second kappa shape index (κ2) is 5.53. The smallest absolute Gasteiger partial charge is 0.237 e. The van der Waals surface area contributed by atoms with Gasteiger partial charge in [0.25, 0.3) is 0 Å². The lowest BCUT2D eigenvalue weighted by atomic mass is 10.3. The highest BCUT2D eigenvalue weighted by Gasteiger charge is 2.06. The summed E-state index contributed by atoms with van der Waals surface area (Å²) in [5, 5.41) is 7.59. The van der Waals surface area contributed by atoms with Crippen LogP contribution in [0.4, 0.5) is 5.69 Å². The molecule has 0 saturated carbocycles. The van der Waals surface area contributed by atoms with Crippen LogP contribution in [-0.2, 0) is 13.6 Å². The van der Waals surface area contributed by atoms with Crippen molar-refractivity contribution < 1.29 is 4.74 Å². The van der Waals surface area contributed by atoms with Gasteiger partial charge in [0.1, 0.15) is 0 Å². The van der Waals surface area contributed by atoms with Gasteiger partial charge in [-0.25, -0.2) is 4.98 Å². The van der Waals surface area contributed by atoms with E-state index in [2.05, 4.69) is 15.4 Å². The standard InChI is InChI=1S/C13H18N4O/c1-10(2)18-13-12(5-4-7-14-13)15-9-11-6-8-17(3)16-11/h4-8,10,15H,9H2,1-3H3. The third-order valence-electron chi connectivity index (χ3n) is 2.35. The monoisotopic (exact) mass is 246 g/mol. The van der Waals surface area contributed by atoms with Crippen LogP contribution in [0.3, 0.4) is 0 Å². The Morgan fingerprint density at radius 2 is 2.22 bits per heavy atom. The number of aromatic nitrogens is 3. The molecular formula is C13H18N4O. The molecule has 2 aromatic rings. The number of aryl methyl sites for hydroxylation is 1. The molecule has 0 aromatic carbocycles. The van der Waals surface area contributed by atoms with Crippen molar-refractivity contribution in [1.29, 1.82) is 0 Å². The molecule has 0 bridgehead atoms. The predicted octanol–water partition coefficient (Wildman–Crippen LogP) is 2.21. The lowest BCUT2D eigenvalue weighted by molar-refractivity contribution is 0.234. The number of pyridine rings is 1. The van der Waals surface area contributed by atoms with Gasteiger partial charge in [0.2, 0.25) is 5.88 Å². The van der Waals surface area contributed by atoms with E-state index in [0.717, 1.165) is 11.4 Å². The highest BCUT2D eigenvalue weighted by atomic mass is 16.5. The van der Waals surface area contributed by atoms with Gasteiger partial charge in [-0.1, -0.05) is 0 Å². The number of hydrogen-bond acceptors (Lipinski definition) is 4. The summed E-state index contributed by atoms with van der Waals surface area (Å²) in [6.07, 6.45) is 3.76. The third kappa shape index (κ3) is 3.23. The van der Waals surface area contributed by atoms with Gasteiger partial charge < -0.3 is 10.1 Å². The Kier molecular flexibility index (Phi) is 3.82. The first-order valence-electron chi connectivity index (χ1n) is 5.99. The van der Waals surface area contributed by atoms with Crippen LogP contribution in [0.5, 0.6) is 5.88 Å². The molecule has 0 aliphatic rings. The predicted molar refractivity (Wildman–Crippen MR) is 70.5 cm³/mol. The molecule has 0 spiro atoms. The van der Waals surface area contributed by atoms with E-state index in [9.17, 15) is 0 Å². The average molecular weight is 246 g/mol. The first-order valence-corrected chi connectivity index (χ1v) is 5.99.